The van der Waals surface area contributed by atoms with Crippen LogP contribution in [0.2, 0.25) is 0 Å². The van der Waals surface area contributed by atoms with Gasteiger partial charge in [-0.2, -0.15) is 0 Å². The Bertz CT molecular complexity index is 619. The first-order valence-corrected chi connectivity index (χ1v) is 13.1. The maximum Gasteiger partial charge on any atom is 0.238 e. The molecule has 0 radical (unpaired) electrons. The van der Waals surface area contributed by atoms with Gasteiger partial charge in [0.15, 0.2) is 0 Å². The van der Waals surface area contributed by atoms with Gasteiger partial charge in [0.1, 0.15) is 11.5 Å². The molecule has 0 aliphatic rings. The smallest absolute Gasteiger partial charge is 0.238 e. The lowest BCUT2D eigenvalue weighted by Gasteiger charge is -2.08. The van der Waals surface area contributed by atoms with Gasteiger partial charge in [0.05, 0.1) is 6.61 Å². The quantitative estimate of drug-likeness (QED) is 0.151. The largest absolute Gasteiger partial charge is 0.508 e. The molecule has 0 fully saturated rings. The number of nitrogens with one attached hydrogen (secondary N) is 2. The molecular formula is C27H46N2O4. The Labute approximate surface area is 200 Å². The zero-order chi connectivity index (χ0) is 24.0. The molecule has 0 spiro atoms. The Morgan fingerprint density at radius 3 is 1.58 bits per heavy atom. The predicted octanol–water partition coefficient (Wildman–Crippen LogP) is 6.57. The zero-order valence-electron chi connectivity index (χ0n) is 20.7. The summed E-state index contributed by atoms with van der Waals surface area (Å²) in [6.07, 6.45) is 18.0. The minimum atomic E-state index is -0.100. The molecule has 0 bridgehead atoms. The number of benzene rings is 1. The molecule has 0 aliphatic carbocycles. The number of carbonyl (C=O) groups excluding carboxylic acids is 2. The van der Waals surface area contributed by atoms with E-state index in [2.05, 4.69) is 17.8 Å². The van der Waals surface area contributed by atoms with Crippen molar-refractivity contribution in [3.8, 4) is 11.5 Å². The number of unbranched alkanes of at least 4 members (excludes halogenated alkanes) is 13. The number of phenolic OH excluding ortho intramolecular Hbond substituents is 1. The van der Waals surface area contributed by atoms with E-state index in [1.165, 1.54) is 51.4 Å². The highest BCUT2D eigenvalue weighted by Crippen LogP contribution is 2.16. The average Bonchev–Trinajstić information content (AvgIpc) is 2.81. The van der Waals surface area contributed by atoms with Crippen molar-refractivity contribution in [3.05, 3.63) is 24.3 Å². The first-order chi connectivity index (χ1) is 16.1. The molecule has 0 saturated carbocycles. The second kappa shape index (κ2) is 20.4. The molecule has 0 atom stereocenters. The van der Waals surface area contributed by atoms with Crippen LogP contribution in [0.15, 0.2) is 24.3 Å². The van der Waals surface area contributed by atoms with Gasteiger partial charge in [0.25, 0.3) is 0 Å². The van der Waals surface area contributed by atoms with Crippen LogP contribution in [0.4, 0.5) is 0 Å². The lowest BCUT2D eigenvalue weighted by atomic mass is 10.1. The lowest BCUT2D eigenvalue weighted by Crippen LogP contribution is -2.41. The number of carbonyl (C=O) groups is 2. The third kappa shape index (κ3) is 17.9. The first kappa shape index (κ1) is 28.8. The Morgan fingerprint density at radius 2 is 1.09 bits per heavy atom. The van der Waals surface area contributed by atoms with E-state index in [1.54, 1.807) is 24.3 Å². The third-order valence-electron chi connectivity index (χ3n) is 5.75. The topological polar surface area (TPSA) is 87.7 Å². The summed E-state index contributed by atoms with van der Waals surface area (Å²) in [4.78, 5) is 23.6. The number of rotatable bonds is 20. The van der Waals surface area contributed by atoms with Gasteiger partial charge in [0.2, 0.25) is 11.8 Å². The summed E-state index contributed by atoms with van der Waals surface area (Å²) >= 11 is 0. The maximum absolute atomic E-state index is 11.8. The van der Waals surface area contributed by atoms with Crippen molar-refractivity contribution in [1.82, 2.24) is 10.9 Å². The van der Waals surface area contributed by atoms with E-state index in [4.69, 9.17) is 4.74 Å². The summed E-state index contributed by atoms with van der Waals surface area (Å²) in [5.41, 5.74) is 5.07. The molecule has 0 aliphatic heterocycles. The summed E-state index contributed by atoms with van der Waals surface area (Å²) in [6.45, 7) is 2.91. The molecule has 6 heteroatoms. The van der Waals surface area contributed by atoms with Gasteiger partial charge in [-0.15, -0.1) is 0 Å². The van der Waals surface area contributed by atoms with E-state index in [-0.39, 0.29) is 17.6 Å². The molecule has 1 rings (SSSR count). The number of hydrogen-bond donors (Lipinski definition) is 3. The van der Waals surface area contributed by atoms with Crippen LogP contribution < -0.4 is 15.6 Å². The second-order valence-electron chi connectivity index (χ2n) is 8.89. The third-order valence-corrected chi connectivity index (χ3v) is 5.75. The molecule has 1 aromatic carbocycles. The molecule has 0 heterocycles. The Morgan fingerprint density at radius 1 is 0.667 bits per heavy atom. The predicted molar refractivity (Wildman–Crippen MR) is 134 cm³/mol. The van der Waals surface area contributed by atoms with Crippen molar-refractivity contribution >= 4 is 11.8 Å². The summed E-state index contributed by atoms with van der Waals surface area (Å²) in [5, 5.41) is 9.24. The number of phenols is 1. The van der Waals surface area contributed by atoms with Crippen LogP contribution in [0.3, 0.4) is 0 Å². The standard InChI is InChI=1S/C27H46N2O4/c1-2-3-4-5-8-11-14-17-26(31)28-29-27(32)18-15-12-9-6-7-10-13-16-23-33-25-21-19-24(30)20-22-25/h19-22,30H,2-18,23H2,1H3,(H,28,31)(H,29,32). The van der Waals surface area contributed by atoms with Gasteiger partial charge in [-0.05, 0) is 43.5 Å². The van der Waals surface area contributed by atoms with Crippen LogP contribution in [0, 0.1) is 0 Å². The van der Waals surface area contributed by atoms with Gasteiger partial charge in [0, 0.05) is 12.8 Å². The molecule has 33 heavy (non-hydrogen) atoms. The summed E-state index contributed by atoms with van der Waals surface area (Å²) in [5.74, 6) is 0.857. The van der Waals surface area contributed by atoms with Gasteiger partial charge < -0.3 is 9.84 Å². The molecule has 188 valence electrons. The number of hydrazine groups is 1. The number of aromatic hydroxyl groups is 1. The second-order valence-corrected chi connectivity index (χ2v) is 8.89. The van der Waals surface area contributed by atoms with E-state index in [0.717, 1.165) is 50.7 Å². The Balaban J connectivity index is 1.82. The monoisotopic (exact) mass is 462 g/mol. The molecule has 3 N–H and O–H groups in total. The lowest BCUT2D eigenvalue weighted by molar-refractivity contribution is -0.129. The highest BCUT2D eigenvalue weighted by molar-refractivity contribution is 5.81. The van der Waals surface area contributed by atoms with Crippen LogP contribution in [0.1, 0.15) is 116 Å². The summed E-state index contributed by atoms with van der Waals surface area (Å²) in [7, 11) is 0. The van der Waals surface area contributed by atoms with Gasteiger partial charge in [-0.25, -0.2) is 0 Å². The molecule has 6 nitrogen and oxygen atoms in total. The van der Waals surface area contributed by atoms with Crippen LogP contribution in [-0.4, -0.2) is 23.5 Å². The van der Waals surface area contributed by atoms with Crippen molar-refractivity contribution in [3.63, 3.8) is 0 Å². The minimum absolute atomic E-state index is 0.0922. The van der Waals surface area contributed by atoms with Crippen molar-refractivity contribution < 1.29 is 19.4 Å². The van der Waals surface area contributed by atoms with Crippen molar-refractivity contribution in [2.45, 2.75) is 116 Å². The number of amides is 2. The van der Waals surface area contributed by atoms with Crippen molar-refractivity contribution in [2.24, 2.45) is 0 Å². The molecule has 0 unspecified atom stereocenters. The van der Waals surface area contributed by atoms with E-state index >= 15 is 0 Å². The number of hydrogen-bond acceptors (Lipinski definition) is 4. The van der Waals surface area contributed by atoms with Crippen LogP contribution in [-0.2, 0) is 9.59 Å². The fraction of sp³-hybridized carbons (Fsp3) is 0.704. The van der Waals surface area contributed by atoms with Gasteiger partial charge >= 0.3 is 0 Å². The summed E-state index contributed by atoms with van der Waals surface area (Å²) in [6, 6.07) is 6.82. The Kier molecular flexibility index (Phi) is 17.8. The number of ether oxygens (including phenoxy) is 1. The maximum atomic E-state index is 11.8. The van der Waals surface area contributed by atoms with Crippen LogP contribution >= 0.6 is 0 Å². The minimum Gasteiger partial charge on any atom is -0.508 e. The first-order valence-electron chi connectivity index (χ1n) is 13.1. The highest BCUT2D eigenvalue weighted by Gasteiger charge is 2.04. The van der Waals surface area contributed by atoms with E-state index in [1.807, 2.05) is 0 Å². The fourth-order valence-electron chi connectivity index (χ4n) is 3.69. The SMILES string of the molecule is CCCCCCCCCC(=O)NNC(=O)CCCCCCCCCCOc1ccc(O)cc1. The van der Waals surface area contributed by atoms with E-state index < -0.39 is 0 Å². The zero-order valence-corrected chi connectivity index (χ0v) is 20.7. The van der Waals surface area contributed by atoms with Gasteiger partial charge in [-0.1, -0.05) is 84.0 Å². The van der Waals surface area contributed by atoms with Crippen molar-refractivity contribution in [2.75, 3.05) is 6.61 Å². The average molecular weight is 463 g/mol. The molecular weight excluding hydrogens is 416 g/mol. The van der Waals surface area contributed by atoms with Gasteiger partial charge in [-0.3, -0.25) is 20.4 Å². The molecule has 0 aromatic heterocycles. The Hall–Kier alpha value is -2.24. The molecule has 2 amide bonds. The molecule has 0 saturated heterocycles. The van der Waals surface area contributed by atoms with E-state index in [9.17, 15) is 14.7 Å². The molecule has 1 aromatic rings. The normalized spacial score (nSPS) is 10.7. The van der Waals surface area contributed by atoms with Crippen molar-refractivity contribution in [1.29, 1.82) is 0 Å². The summed E-state index contributed by atoms with van der Waals surface area (Å²) < 4.78 is 5.64. The van der Waals surface area contributed by atoms with E-state index in [0.29, 0.717) is 19.4 Å². The highest BCUT2D eigenvalue weighted by atomic mass is 16.5. The van der Waals surface area contributed by atoms with Crippen LogP contribution in [0.5, 0.6) is 11.5 Å². The fourth-order valence-corrected chi connectivity index (χ4v) is 3.69. The van der Waals surface area contributed by atoms with Crippen LogP contribution in [0.25, 0.3) is 0 Å².